The number of esters is 2. The number of carbonyl (C=O) groups excluding carboxylic acids is 2. The van der Waals surface area contributed by atoms with Crippen molar-refractivity contribution in [2.75, 3.05) is 14.2 Å². The Balaban J connectivity index is 4.34. The zero-order valence-electron chi connectivity index (χ0n) is 7.26. The number of methoxy groups -OCH3 is 2. The molecule has 0 N–H and O–H groups in total. The number of hydrogen-bond acceptors (Lipinski definition) is 5. The fraction of sp³-hybridized carbons (Fsp3) is 0.667. The van der Waals surface area contributed by atoms with Gasteiger partial charge in [-0.25, -0.2) is 0 Å². The van der Waals surface area contributed by atoms with E-state index in [2.05, 4.69) is 19.5 Å². The molecule has 0 aromatic rings. The normalized spacial score (nSPS) is 10.9. The van der Waals surface area contributed by atoms with Crippen LogP contribution >= 0.6 is 0 Å². The number of azide groups is 1. The largest absolute Gasteiger partial charge is 0.469 e. The molecular weight excluding hydrogens is 178 g/mol. The highest BCUT2D eigenvalue weighted by Gasteiger charge is 2.21. The van der Waals surface area contributed by atoms with E-state index in [4.69, 9.17) is 5.53 Å². The van der Waals surface area contributed by atoms with E-state index in [0.29, 0.717) is 0 Å². The average Bonchev–Trinajstić information content (AvgIpc) is 2.15. The minimum absolute atomic E-state index is 0.312. The van der Waals surface area contributed by atoms with Gasteiger partial charge in [-0.15, -0.1) is 0 Å². The van der Waals surface area contributed by atoms with Crippen LogP contribution in [0.3, 0.4) is 0 Å². The summed E-state index contributed by atoms with van der Waals surface area (Å²) >= 11 is 0. The second-order valence-corrected chi connectivity index (χ2v) is 2.02. The van der Waals surface area contributed by atoms with E-state index in [9.17, 15) is 9.59 Å². The summed E-state index contributed by atoms with van der Waals surface area (Å²) in [7, 11) is 2.31. The molecule has 7 nitrogen and oxygen atoms in total. The monoisotopic (exact) mass is 187 g/mol. The summed E-state index contributed by atoms with van der Waals surface area (Å²) in [6.45, 7) is 0. The maximum absolute atomic E-state index is 10.9. The van der Waals surface area contributed by atoms with Crippen molar-refractivity contribution in [2.24, 2.45) is 5.11 Å². The SMILES string of the molecule is COC(=O)CC(N=[N+]=[N-])C(=O)OC. The van der Waals surface area contributed by atoms with Crippen LogP contribution in [0, 0.1) is 0 Å². The van der Waals surface area contributed by atoms with Gasteiger partial charge in [0.05, 0.1) is 20.6 Å². The second kappa shape index (κ2) is 5.84. The molecule has 0 saturated carbocycles. The molecule has 0 saturated heterocycles. The molecule has 0 rings (SSSR count). The van der Waals surface area contributed by atoms with Crippen molar-refractivity contribution in [2.45, 2.75) is 12.5 Å². The van der Waals surface area contributed by atoms with E-state index >= 15 is 0 Å². The first-order valence-electron chi connectivity index (χ1n) is 3.34. The Morgan fingerprint density at radius 1 is 1.46 bits per heavy atom. The molecule has 0 aliphatic heterocycles. The molecule has 0 aromatic carbocycles. The van der Waals surface area contributed by atoms with Gasteiger partial charge >= 0.3 is 11.9 Å². The summed E-state index contributed by atoms with van der Waals surface area (Å²) < 4.78 is 8.59. The van der Waals surface area contributed by atoms with Crippen molar-refractivity contribution in [3.05, 3.63) is 10.4 Å². The van der Waals surface area contributed by atoms with Gasteiger partial charge in [0.15, 0.2) is 0 Å². The molecule has 7 heteroatoms. The number of hydrogen-bond donors (Lipinski definition) is 0. The third-order valence-electron chi connectivity index (χ3n) is 1.25. The molecular formula is C6H9N3O4. The first-order chi connectivity index (χ1) is 6.15. The van der Waals surface area contributed by atoms with Crippen LogP contribution < -0.4 is 0 Å². The molecule has 0 amide bonds. The summed E-state index contributed by atoms with van der Waals surface area (Å²) in [6, 6.07) is -1.15. The Kier molecular flexibility index (Phi) is 5.06. The average molecular weight is 187 g/mol. The molecule has 0 bridgehead atoms. The molecule has 1 unspecified atom stereocenters. The first kappa shape index (κ1) is 11.2. The molecule has 72 valence electrons. The van der Waals surface area contributed by atoms with Gasteiger partial charge in [0.1, 0.15) is 6.04 Å². The van der Waals surface area contributed by atoms with Gasteiger partial charge < -0.3 is 9.47 Å². The lowest BCUT2D eigenvalue weighted by molar-refractivity contribution is -0.148. The lowest BCUT2D eigenvalue weighted by Crippen LogP contribution is -2.23. The zero-order chi connectivity index (χ0) is 10.3. The molecule has 0 aliphatic rings. The fourth-order valence-corrected chi connectivity index (χ4v) is 0.611. The number of rotatable bonds is 4. The van der Waals surface area contributed by atoms with Gasteiger partial charge in [-0.1, -0.05) is 5.11 Å². The van der Waals surface area contributed by atoms with E-state index in [1.165, 1.54) is 7.11 Å². The van der Waals surface area contributed by atoms with Crippen LogP contribution in [0.25, 0.3) is 10.4 Å². The van der Waals surface area contributed by atoms with Crippen molar-refractivity contribution < 1.29 is 19.1 Å². The molecule has 1 atom stereocenters. The third kappa shape index (κ3) is 3.97. The van der Waals surface area contributed by atoms with Crippen LogP contribution in [-0.2, 0) is 19.1 Å². The summed E-state index contributed by atoms with van der Waals surface area (Å²) in [6.07, 6.45) is -0.312. The van der Waals surface area contributed by atoms with E-state index in [0.717, 1.165) is 7.11 Å². The maximum atomic E-state index is 10.9. The smallest absolute Gasteiger partial charge is 0.315 e. The Hall–Kier alpha value is -1.75. The lowest BCUT2D eigenvalue weighted by Gasteiger charge is -2.05. The van der Waals surface area contributed by atoms with Crippen molar-refractivity contribution in [1.82, 2.24) is 0 Å². The molecule has 0 aromatic heterocycles. The molecule has 0 aliphatic carbocycles. The first-order valence-corrected chi connectivity index (χ1v) is 3.34. The summed E-state index contributed by atoms with van der Waals surface area (Å²) in [5, 5.41) is 3.09. The van der Waals surface area contributed by atoms with E-state index < -0.39 is 18.0 Å². The van der Waals surface area contributed by atoms with Gasteiger partial charge in [0.2, 0.25) is 0 Å². The standard InChI is InChI=1S/C6H9N3O4/c1-12-5(10)3-4(8-9-7)6(11)13-2/h4H,3H2,1-2H3. The third-order valence-corrected chi connectivity index (χ3v) is 1.25. The highest BCUT2D eigenvalue weighted by atomic mass is 16.5. The second-order valence-electron chi connectivity index (χ2n) is 2.02. The molecule has 0 spiro atoms. The minimum Gasteiger partial charge on any atom is -0.469 e. The van der Waals surface area contributed by atoms with Crippen molar-refractivity contribution in [3.8, 4) is 0 Å². The van der Waals surface area contributed by atoms with Crippen LogP contribution in [0.2, 0.25) is 0 Å². The maximum Gasteiger partial charge on any atom is 0.315 e. The molecule has 0 fully saturated rings. The Morgan fingerprint density at radius 3 is 2.46 bits per heavy atom. The van der Waals surface area contributed by atoms with Crippen molar-refractivity contribution in [3.63, 3.8) is 0 Å². The summed E-state index contributed by atoms with van der Waals surface area (Å²) in [5.41, 5.74) is 8.07. The quantitative estimate of drug-likeness (QED) is 0.275. The van der Waals surface area contributed by atoms with Gasteiger partial charge in [0.25, 0.3) is 0 Å². The predicted octanol–water partition coefficient (Wildman–Crippen LogP) is 0.401. The Morgan fingerprint density at radius 2 is 2.08 bits per heavy atom. The zero-order valence-corrected chi connectivity index (χ0v) is 7.26. The highest BCUT2D eigenvalue weighted by Crippen LogP contribution is 2.02. The van der Waals surface area contributed by atoms with Gasteiger partial charge in [-0.05, 0) is 5.53 Å². The van der Waals surface area contributed by atoms with Crippen LogP contribution in [0.1, 0.15) is 6.42 Å². The highest BCUT2D eigenvalue weighted by molar-refractivity contribution is 5.82. The summed E-state index contributed by atoms with van der Waals surface area (Å²) in [5.74, 6) is -1.40. The minimum atomic E-state index is -1.15. The Labute approximate surface area is 74.2 Å². The van der Waals surface area contributed by atoms with Gasteiger partial charge in [-0.2, -0.15) is 0 Å². The Bertz CT molecular complexity index is 246. The molecule has 0 heterocycles. The fourth-order valence-electron chi connectivity index (χ4n) is 0.611. The van der Waals surface area contributed by atoms with Gasteiger partial charge in [-0.3, -0.25) is 9.59 Å². The van der Waals surface area contributed by atoms with Crippen LogP contribution in [0.5, 0.6) is 0 Å². The van der Waals surface area contributed by atoms with Gasteiger partial charge in [0, 0.05) is 4.91 Å². The van der Waals surface area contributed by atoms with E-state index in [-0.39, 0.29) is 6.42 Å². The number of nitrogens with zero attached hydrogens (tertiary/aromatic N) is 3. The van der Waals surface area contributed by atoms with Crippen molar-refractivity contribution >= 4 is 11.9 Å². The van der Waals surface area contributed by atoms with Crippen LogP contribution in [0.15, 0.2) is 5.11 Å². The molecule has 0 radical (unpaired) electrons. The lowest BCUT2D eigenvalue weighted by atomic mass is 10.2. The van der Waals surface area contributed by atoms with Crippen molar-refractivity contribution in [1.29, 1.82) is 0 Å². The number of carbonyl (C=O) groups is 2. The van der Waals surface area contributed by atoms with Crippen LogP contribution in [0.4, 0.5) is 0 Å². The van der Waals surface area contributed by atoms with Crippen LogP contribution in [-0.4, -0.2) is 32.2 Å². The van der Waals surface area contributed by atoms with E-state index in [1.54, 1.807) is 0 Å². The summed E-state index contributed by atoms with van der Waals surface area (Å²) in [4.78, 5) is 24.0. The number of ether oxygens (including phenoxy) is 2. The topological polar surface area (TPSA) is 101 Å². The van der Waals surface area contributed by atoms with E-state index in [1.807, 2.05) is 0 Å². The molecule has 13 heavy (non-hydrogen) atoms. The predicted molar refractivity (Wildman–Crippen MR) is 41.6 cm³/mol.